The Labute approximate surface area is 274 Å². The summed E-state index contributed by atoms with van der Waals surface area (Å²) in [5.74, 6) is -1.72. The molecule has 0 radical (unpaired) electrons. The van der Waals surface area contributed by atoms with Crippen molar-refractivity contribution in [2.45, 2.75) is 69.7 Å². The number of benzene rings is 3. The van der Waals surface area contributed by atoms with E-state index in [1.165, 1.54) is 0 Å². The molecule has 5 rings (SSSR count). The molecule has 2 aliphatic carbocycles. The Morgan fingerprint density at radius 1 is 0.872 bits per heavy atom. The summed E-state index contributed by atoms with van der Waals surface area (Å²) in [4.78, 5) is 55.1. The molecule has 0 heterocycles. The van der Waals surface area contributed by atoms with Gasteiger partial charge < -0.3 is 26.2 Å². The lowest BCUT2D eigenvalue weighted by atomic mass is 9.82. The number of fused-ring (bicyclic) bond motifs is 1. The maximum absolute atomic E-state index is 13.9. The van der Waals surface area contributed by atoms with Crippen molar-refractivity contribution in [1.82, 2.24) is 16.0 Å². The molecule has 2 aliphatic rings. The summed E-state index contributed by atoms with van der Waals surface area (Å²) in [6, 6.07) is 23.2. The van der Waals surface area contributed by atoms with E-state index in [1.807, 2.05) is 54.6 Å². The van der Waals surface area contributed by atoms with Gasteiger partial charge in [0, 0.05) is 24.9 Å². The molecule has 0 aromatic heterocycles. The number of aliphatic carboxylic acids is 1. The Kier molecular flexibility index (Phi) is 11.0. The van der Waals surface area contributed by atoms with Crippen molar-refractivity contribution in [2.75, 3.05) is 6.54 Å². The van der Waals surface area contributed by atoms with Crippen LogP contribution in [0.25, 0.3) is 0 Å². The van der Waals surface area contributed by atoms with Crippen LogP contribution in [0, 0.1) is 5.92 Å². The molecular formula is C36H41N5O6. The van der Waals surface area contributed by atoms with Gasteiger partial charge in [-0.3, -0.25) is 19.7 Å². The van der Waals surface area contributed by atoms with Crippen LogP contribution in [0.2, 0.25) is 0 Å². The number of nitrogens with one attached hydrogen (secondary N) is 3. The monoisotopic (exact) mass is 639 g/mol. The zero-order chi connectivity index (χ0) is 33.2. The van der Waals surface area contributed by atoms with E-state index in [4.69, 9.17) is 10.5 Å². The largest absolute Gasteiger partial charge is 0.480 e. The average molecular weight is 640 g/mol. The number of carboxylic acid groups (broad SMARTS) is 1. The van der Waals surface area contributed by atoms with E-state index >= 15 is 0 Å². The Bertz CT molecular complexity index is 1580. The SMILES string of the molecule is NC(=NC(=O)OCc1ccccc1)c1ccc(CNC(=O)C2(NC(=O)[C@H](NCC(=O)O)C3CCCCC3)Cc3ccccc3C2)cc1. The lowest BCUT2D eigenvalue weighted by Crippen LogP contribution is -2.63. The van der Waals surface area contributed by atoms with Crippen LogP contribution in [0.15, 0.2) is 83.9 Å². The van der Waals surface area contributed by atoms with E-state index in [-0.39, 0.29) is 43.3 Å². The van der Waals surface area contributed by atoms with E-state index in [0.717, 1.165) is 54.4 Å². The number of carboxylic acids is 1. The molecule has 3 aromatic rings. The van der Waals surface area contributed by atoms with Crippen LogP contribution in [-0.4, -0.2) is 52.9 Å². The molecule has 11 nitrogen and oxygen atoms in total. The number of amidine groups is 1. The topological polar surface area (TPSA) is 172 Å². The van der Waals surface area contributed by atoms with Crippen LogP contribution in [0.3, 0.4) is 0 Å². The number of hydrogen-bond donors (Lipinski definition) is 5. The second-order valence-electron chi connectivity index (χ2n) is 12.3. The molecule has 47 heavy (non-hydrogen) atoms. The second-order valence-corrected chi connectivity index (χ2v) is 12.3. The molecule has 1 atom stereocenters. The van der Waals surface area contributed by atoms with Gasteiger partial charge in [-0.25, -0.2) is 4.79 Å². The normalized spacial score (nSPS) is 16.5. The molecule has 0 spiro atoms. The van der Waals surface area contributed by atoms with Gasteiger partial charge in [0.1, 0.15) is 18.0 Å². The van der Waals surface area contributed by atoms with E-state index in [1.54, 1.807) is 24.3 Å². The number of aliphatic imine (C=N–C) groups is 1. The van der Waals surface area contributed by atoms with Gasteiger partial charge in [-0.05, 0) is 41.0 Å². The van der Waals surface area contributed by atoms with Gasteiger partial charge in [0.2, 0.25) is 11.8 Å². The lowest BCUT2D eigenvalue weighted by Gasteiger charge is -2.35. The van der Waals surface area contributed by atoms with Gasteiger partial charge in [0.25, 0.3) is 0 Å². The number of nitrogens with zero attached hydrogens (tertiary/aromatic N) is 1. The van der Waals surface area contributed by atoms with Crippen LogP contribution < -0.4 is 21.7 Å². The molecule has 0 aliphatic heterocycles. The molecule has 3 amide bonds. The number of rotatable bonds is 12. The van der Waals surface area contributed by atoms with Crippen LogP contribution in [-0.2, 0) is 45.1 Å². The Hall–Kier alpha value is -5.03. The molecule has 6 N–H and O–H groups in total. The number of carbonyl (C=O) groups is 4. The van der Waals surface area contributed by atoms with Crippen LogP contribution in [0.4, 0.5) is 4.79 Å². The first kappa shape index (κ1) is 33.3. The van der Waals surface area contributed by atoms with Crippen LogP contribution in [0.1, 0.15) is 59.9 Å². The maximum atomic E-state index is 13.9. The number of hydrogen-bond acceptors (Lipinski definition) is 6. The molecule has 1 saturated carbocycles. The molecule has 0 unspecified atom stereocenters. The summed E-state index contributed by atoms with van der Waals surface area (Å²) >= 11 is 0. The smallest absolute Gasteiger partial charge is 0.435 e. The molecule has 246 valence electrons. The van der Waals surface area contributed by atoms with Gasteiger partial charge >= 0.3 is 12.1 Å². The predicted molar refractivity (Wildman–Crippen MR) is 176 cm³/mol. The van der Waals surface area contributed by atoms with Crippen molar-refractivity contribution in [1.29, 1.82) is 0 Å². The number of carbonyl (C=O) groups excluding carboxylic acids is 3. The standard InChI is InChI=1S/C36H41N5O6/c37-32(40-35(46)47-23-25-9-3-1-4-10-25)27-17-15-24(16-18-27)21-39-34(45)36(19-28-13-7-8-14-29(28)20-36)41-33(44)31(38-22-30(42)43)26-11-5-2-6-12-26/h1,3-4,7-10,13-18,26,31,38H,2,5-6,11-12,19-23H2,(H,39,45)(H,41,44)(H,42,43)(H2,37,40,46)/t31-/m1/s1. The third-order valence-corrected chi connectivity index (χ3v) is 8.90. The summed E-state index contributed by atoms with van der Waals surface area (Å²) in [7, 11) is 0. The Morgan fingerprint density at radius 2 is 1.51 bits per heavy atom. The highest BCUT2D eigenvalue weighted by atomic mass is 16.5. The molecule has 0 bridgehead atoms. The van der Waals surface area contributed by atoms with E-state index in [0.29, 0.717) is 18.4 Å². The lowest BCUT2D eigenvalue weighted by molar-refractivity contribution is -0.138. The van der Waals surface area contributed by atoms with Crippen molar-refractivity contribution in [3.05, 3.63) is 107 Å². The highest BCUT2D eigenvalue weighted by Gasteiger charge is 2.46. The molecular weight excluding hydrogens is 598 g/mol. The van der Waals surface area contributed by atoms with Gasteiger partial charge in [-0.15, -0.1) is 0 Å². The highest BCUT2D eigenvalue weighted by Crippen LogP contribution is 2.32. The first-order chi connectivity index (χ1) is 22.7. The Balaban J connectivity index is 1.24. The molecule has 11 heteroatoms. The van der Waals surface area contributed by atoms with Crippen molar-refractivity contribution >= 4 is 29.7 Å². The van der Waals surface area contributed by atoms with Crippen LogP contribution >= 0.6 is 0 Å². The van der Waals surface area contributed by atoms with E-state index in [9.17, 15) is 24.3 Å². The summed E-state index contributed by atoms with van der Waals surface area (Å²) in [5.41, 5.74) is 8.92. The van der Waals surface area contributed by atoms with Crippen LogP contribution in [0.5, 0.6) is 0 Å². The quantitative estimate of drug-likeness (QED) is 0.148. The second kappa shape index (κ2) is 15.5. The fraction of sp³-hybridized carbons (Fsp3) is 0.361. The summed E-state index contributed by atoms with van der Waals surface area (Å²) in [6.45, 7) is -0.0666. The molecule has 0 saturated heterocycles. The number of ether oxygens (including phenoxy) is 1. The summed E-state index contributed by atoms with van der Waals surface area (Å²) < 4.78 is 5.18. The Morgan fingerprint density at radius 3 is 2.15 bits per heavy atom. The highest BCUT2D eigenvalue weighted by molar-refractivity contribution is 6.02. The van der Waals surface area contributed by atoms with E-state index in [2.05, 4.69) is 20.9 Å². The zero-order valence-corrected chi connectivity index (χ0v) is 26.2. The van der Waals surface area contributed by atoms with Crippen molar-refractivity contribution < 1.29 is 29.0 Å². The first-order valence-corrected chi connectivity index (χ1v) is 16.0. The minimum atomic E-state index is -1.23. The number of amides is 3. The average Bonchev–Trinajstić information content (AvgIpc) is 3.46. The van der Waals surface area contributed by atoms with Crippen molar-refractivity contribution in [3.8, 4) is 0 Å². The third-order valence-electron chi connectivity index (χ3n) is 8.90. The van der Waals surface area contributed by atoms with Gasteiger partial charge in [0.15, 0.2) is 0 Å². The van der Waals surface area contributed by atoms with Gasteiger partial charge in [-0.2, -0.15) is 4.99 Å². The zero-order valence-electron chi connectivity index (χ0n) is 26.2. The minimum Gasteiger partial charge on any atom is -0.480 e. The van der Waals surface area contributed by atoms with Crippen molar-refractivity contribution in [2.24, 2.45) is 16.6 Å². The fourth-order valence-corrected chi connectivity index (χ4v) is 6.43. The first-order valence-electron chi connectivity index (χ1n) is 16.0. The molecule has 1 fully saturated rings. The van der Waals surface area contributed by atoms with Gasteiger partial charge in [0.05, 0.1) is 12.6 Å². The predicted octanol–water partition coefficient (Wildman–Crippen LogP) is 3.62. The van der Waals surface area contributed by atoms with Crippen molar-refractivity contribution in [3.63, 3.8) is 0 Å². The third kappa shape index (κ3) is 8.82. The summed E-state index contributed by atoms with van der Waals surface area (Å²) in [6.07, 6.45) is 4.55. The van der Waals surface area contributed by atoms with Gasteiger partial charge in [-0.1, -0.05) is 98.1 Å². The van der Waals surface area contributed by atoms with E-state index < -0.39 is 23.6 Å². The minimum absolute atomic E-state index is 0.00722. The fourth-order valence-electron chi connectivity index (χ4n) is 6.43. The number of nitrogens with two attached hydrogens (primary N) is 1. The maximum Gasteiger partial charge on any atom is 0.435 e. The molecule has 3 aromatic carbocycles. The summed E-state index contributed by atoms with van der Waals surface area (Å²) in [5, 5.41) is 18.3.